The topological polar surface area (TPSA) is 42.1 Å². The van der Waals surface area contributed by atoms with Crippen LogP contribution in [0.25, 0.3) is 0 Å². The van der Waals surface area contributed by atoms with E-state index >= 15 is 0 Å². The third kappa shape index (κ3) is 1.78. The lowest BCUT2D eigenvalue weighted by molar-refractivity contribution is 0.929. The maximum absolute atomic E-state index is 5.55. The highest BCUT2D eigenvalue weighted by Gasteiger charge is 2.15. The van der Waals surface area contributed by atoms with Crippen LogP contribution in [0, 0.1) is 0 Å². The van der Waals surface area contributed by atoms with Gasteiger partial charge in [0.1, 0.15) is 5.03 Å². The first-order valence-electron chi connectivity index (χ1n) is 4.48. The van der Waals surface area contributed by atoms with Crippen molar-refractivity contribution in [3.8, 4) is 0 Å². The molecule has 0 aliphatic carbocycles. The normalized spacial score (nSPS) is 16.5. The lowest BCUT2D eigenvalue weighted by Crippen LogP contribution is -2.18. The Balaban J connectivity index is 2.26. The van der Waals surface area contributed by atoms with Gasteiger partial charge in [0.05, 0.1) is 5.69 Å². The first-order valence-corrected chi connectivity index (χ1v) is 5.36. The van der Waals surface area contributed by atoms with Crippen molar-refractivity contribution in [2.45, 2.75) is 17.9 Å². The standard InChI is InChI=1S/C9H13N3S/c10-13-9-8(4-3-5-11-9)12-6-1-2-7-12/h3-5H,1-2,6-7,10H2. The molecule has 3 nitrogen and oxygen atoms in total. The van der Waals surface area contributed by atoms with Gasteiger partial charge in [-0.05, 0) is 36.9 Å². The van der Waals surface area contributed by atoms with Crippen LogP contribution >= 0.6 is 11.9 Å². The van der Waals surface area contributed by atoms with Gasteiger partial charge in [0, 0.05) is 19.3 Å². The molecule has 13 heavy (non-hydrogen) atoms. The maximum Gasteiger partial charge on any atom is 0.134 e. The average molecular weight is 195 g/mol. The fourth-order valence-electron chi connectivity index (χ4n) is 1.67. The number of aromatic nitrogens is 1. The molecule has 1 saturated heterocycles. The summed E-state index contributed by atoms with van der Waals surface area (Å²) in [5.41, 5.74) is 1.19. The highest BCUT2D eigenvalue weighted by atomic mass is 32.2. The minimum absolute atomic E-state index is 0.935. The molecule has 0 amide bonds. The second-order valence-electron chi connectivity index (χ2n) is 3.14. The van der Waals surface area contributed by atoms with Crippen LogP contribution in [0.4, 0.5) is 5.69 Å². The van der Waals surface area contributed by atoms with E-state index in [-0.39, 0.29) is 0 Å². The number of nitrogens with two attached hydrogens (primary N) is 1. The van der Waals surface area contributed by atoms with E-state index in [4.69, 9.17) is 5.14 Å². The molecule has 1 aromatic heterocycles. The molecular formula is C9H13N3S. The molecule has 1 aromatic rings. The number of hydrogen-bond acceptors (Lipinski definition) is 4. The second kappa shape index (κ2) is 3.98. The van der Waals surface area contributed by atoms with Gasteiger partial charge in [-0.25, -0.2) is 4.98 Å². The number of anilines is 1. The van der Waals surface area contributed by atoms with E-state index in [2.05, 4.69) is 16.0 Å². The molecule has 0 unspecified atom stereocenters. The average Bonchev–Trinajstić information content (AvgIpc) is 2.70. The minimum atomic E-state index is 0.935. The van der Waals surface area contributed by atoms with E-state index < -0.39 is 0 Å². The van der Waals surface area contributed by atoms with E-state index in [0.717, 1.165) is 18.1 Å². The van der Waals surface area contributed by atoms with E-state index in [9.17, 15) is 0 Å². The zero-order valence-corrected chi connectivity index (χ0v) is 8.26. The third-order valence-electron chi connectivity index (χ3n) is 2.31. The summed E-state index contributed by atoms with van der Waals surface area (Å²) in [5, 5.41) is 6.48. The van der Waals surface area contributed by atoms with Crippen molar-refractivity contribution in [2.75, 3.05) is 18.0 Å². The van der Waals surface area contributed by atoms with Crippen LogP contribution in [-0.2, 0) is 0 Å². The molecule has 1 aliphatic rings. The van der Waals surface area contributed by atoms with E-state index in [1.165, 1.54) is 30.5 Å². The number of pyridine rings is 1. The summed E-state index contributed by atoms with van der Waals surface area (Å²) in [4.78, 5) is 6.59. The highest BCUT2D eigenvalue weighted by molar-refractivity contribution is 7.97. The molecule has 0 aromatic carbocycles. The second-order valence-corrected chi connectivity index (χ2v) is 3.76. The third-order valence-corrected chi connectivity index (χ3v) is 2.85. The summed E-state index contributed by atoms with van der Waals surface area (Å²) in [6, 6.07) is 4.06. The van der Waals surface area contributed by atoms with Crippen LogP contribution < -0.4 is 10.0 Å². The van der Waals surface area contributed by atoms with E-state index in [0.29, 0.717) is 0 Å². The molecule has 0 radical (unpaired) electrons. The van der Waals surface area contributed by atoms with Gasteiger partial charge >= 0.3 is 0 Å². The number of nitrogens with zero attached hydrogens (tertiary/aromatic N) is 2. The molecule has 2 heterocycles. The van der Waals surface area contributed by atoms with Crippen LogP contribution in [0.2, 0.25) is 0 Å². The van der Waals surface area contributed by atoms with Crippen LogP contribution in [0.5, 0.6) is 0 Å². The monoisotopic (exact) mass is 195 g/mol. The zero-order chi connectivity index (χ0) is 9.10. The Labute approximate surface area is 82.5 Å². The lowest BCUT2D eigenvalue weighted by atomic mass is 10.4. The van der Waals surface area contributed by atoms with E-state index in [1.54, 1.807) is 6.20 Å². The molecule has 1 fully saturated rings. The van der Waals surface area contributed by atoms with Crippen molar-refractivity contribution < 1.29 is 0 Å². The predicted octanol–water partition coefficient (Wildman–Crippen LogP) is 1.65. The Hall–Kier alpha value is -0.740. The Morgan fingerprint density at radius 3 is 2.85 bits per heavy atom. The van der Waals surface area contributed by atoms with Gasteiger partial charge in [-0.2, -0.15) is 0 Å². The van der Waals surface area contributed by atoms with Crippen molar-refractivity contribution in [1.82, 2.24) is 4.98 Å². The molecule has 2 rings (SSSR count). The molecule has 70 valence electrons. The Morgan fingerprint density at radius 2 is 2.15 bits per heavy atom. The smallest absolute Gasteiger partial charge is 0.134 e. The van der Waals surface area contributed by atoms with Gasteiger partial charge in [0.2, 0.25) is 0 Å². The summed E-state index contributed by atoms with van der Waals surface area (Å²) in [6.07, 6.45) is 4.35. The predicted molar refractivity (Wildman–Crippen MR) is 55.7 cm³/mol. The van der Waals surface area contributed by atoms with Crippen molar-refractivity contribution in [3.63, 3.8) is 0 Å². The maximum atomic E-state index is 5.55. The van der Waals surface area contributed by atoms with Gasteiger partial charge in [-0.15, -0.1) is 0 Å². The van der Waals surface area contributed by atoms with Crippen LogP contribution in [0.15, 0.2) is 23.4 Å². The quantitative estimate of drug-likeness (QED) is 0.729. The first-order chi connectivity index (χ1) is 6.42. The molecule has 0 bridgehead atoms. The summed E-state index contributed by atoms with van der Waals surface area (Å²) in [6.45, 7) is 2.28. The number of rotatable bonds is 2. The highest BCUT2D eigenvalue weighted by Crippen LogP contribution is 2.27. The minimum Gasteiger partial charge on any atom is -0.369 e. The first kappa shape index (κ1) is 8.84. The Morgan fingerprint density at radius 1 is 1.38 bits per heavy atom. The van der Waals surface area contributed by atoms with Crippen molar-refractivity contribution >= 4 is 17.6 Å². The largest absolute Gasteiger partial charge is 0.369 e. The fraction of sp³-hybridized carbons (Fsp3) is 0.444. The molecule has 0 saturated carbocycles. The Kier molecular flexibility index (Phi) is 2.71. The molecule has 1 aliphatic heterocycles. The van der Waals surface area contributed by atoms with Gasteiger partial charge < -0.3 is 4.90 Å². The molecule has 0 atom stereocenters. The van der Waals surface area contributed by atoms with Crippen LogP contribution in [-0.4, -0.2) is 18.1 Å². The Bertz CT molecular complexity index is 284. The SMILES string of the molecule is NSc1ncccc1N1CCCC1. The molecule has 4 heteroatoms. The lowest BCUT2D eigenvalue weighted by Gasteiger charge is -2.18. The van der Waals surface area contributed by atoms with Gasteiger partial charge in [-0.1, -0.05) is 0 Å². The van der Waals surface area contributed by atoms with Gasteiger partial charge in [0.25, 0.3) is 0 Å². The van der Waals surface area contributed by atoms with E-state index in [1.807, 2.05) is 6.07 Å². The van der Waals surface area contributed by atoms with Gasteiger partial charge in [0.15, 0.2) is 0 Å². The summed E-state index contributed by atoms with van der Waals surface area (Å²) >= 11 is 1.23. The van der Waals surface area contributed by atoms with Crippen molar-refractivity contribution in [3.05, 3.63) is 18.3 Å². The fourth-order valence-corrected chi connectivity index (χ4v) is 2.11. The van der Waals surface area contributed by atoms with Crippen molar-refractivity contribution in [2.24, 2.45) is 5.14 Å². The summed E-state index contributed by atoms with van der Waals surface area (Å²) in [7, 11) is 0. The molecule has 2 N–H and O–H groups in total. The number of hydrogen-bond donors (Lipinski definition) is 1. The van der Waals surface area contributed by atoms with Crippen molar-refractivity contribution in [1.29, 1.82) is 0 Å². The summed E-state index contributed by atoms with van der Waals surface area (Å²) in [5.74, 6) is 0. The zero-order valence-electron chi connectivity index (χ0n) is 7.44. The summed E-state index contributed by atoms with van der Waals surface area (Å²) < 4.78 is 0. The molecular weight excluding hydrogens is 182 g/mol. The molecule has 0 spiro atoms. The van der Waals surface area contributed by atoms with Gasteiger partial charge in [-0.3, -0.25) is 5.14 Å². The van der Waals surface area contributed by atoms with Crippen LogP contribution in [0.1, 0.15) is 12.8 Å². The van der Waals surface area contributed by atoms with Crippen LogP contribution in [0.3, 0.4) is 0 Å².